The van der Waals surface area contributed by atoms with Gasteiger partial charge in [0, 0.05) is 17.7 Å². The second kappa shape index (κ2) is 9.86. The number of benzene rings is 1. The maximum atomic E-state index is 14.5. The Balaban J connectivity index is 1.82. The summed E-state index contributed by atoms with van der Waals surface area (Å²) in [6.45, 7) is 7.54. The van der Waals surface area contributed by atoms with Crippen LogP contribution >= 0.6 is 22.9 Å². The van der Waals surface area contributed by atoms with Gasteiger partial charge >= 0.3 is 0 Å². The van der Waals surface area contributed by atoms with E-state index in [0.29, 0.717) is 27.3 Å². The van der Waals surface area contributed by atoms with Crippen molar-refractivity contribution >= 4 is 28.6 Å². The normalized spacial score (nSPS) is 13.3. The van der Waals surface area contributed by atoms with Crippen molar-refractivity contribution in [1.29, 1.82) is 0 Å². The fourth-order valence-electron chi connectivity index (χ4n) is 2.71. The lowest BCUT2D eigenvalue weighted by Gasteiger charge is -2.16. The predicted octanol–water partition coefficient (Wildman–Crippen LogP) is 4.28. The molecule has 0 unspecified atom stereocenters. The molecule has 0 amide bonds. The van der Waals surface area contributed by atoms with E-state index in [1.807, 2.05) is 19.1 Å². The van der Waals surface area contributed by atoms with Gasteiger partial charge in [-0.2, -0.15) is 0 Å². The first-order valence-corrected chi connectivity index (χ1v) is 11.0. The summed E-state index contributed by atoms with van der Waals surface area (Å²) in [5.74, 6) is -0.646. The highest BCUT2D eigenvalue weighted by Gasteiger charge is 2.18. The molecule has 0 saturated carbocycles. The summed E-state index contributed by atoms with van der Waals surface area (Å²) in [4.78, 5) is 4.60. The van der Waals surface area contributed by atoms with Crippen molar-refractivity contribution in [2.75, 3.05) is 11.9 Å². The Morgan fingerprint density at radius 1 is 1.23 bits per heavy atom. The van der Waals surface area contributed by atoms with Gasteiger partial charge in [-0.15, -0.1) is 10.2 Å². The molecule has 0 spiro atoms. The summed E-state index contributed by atoms with van der Waals surface area (Å²) in [5, 5.41) is 22.5. The van der Waals surface area contributed by atoms with E-state index in [2.05, 4.69) is 34.3 Å². The van der Waals surface area contributed by atoms with Crippen molar-refractivity contribution in [3.05, 3.63) is 40.8 Å². The molecule has 10 heteroatoms. The molecule has 2 aromatic heterocycles. The number of hydrogen-bond acceptors (Lipinski definition) is 8. The lowest BCUT2D eigenvalue weighted by atomic mass is 10.2. The van der Waals surface area contributed by atoms with Crippen LogP contribution in [0.1, 0.15) is 26.5 Å². The van der Waals surface area contributed by atoms with Crippen LogP contribution in [0.4, 0.5) is 10.1 Å². The maximum absolute atomic E-state index is 14.5. The Kier molecular flexibility index (Phi) is 7.42. The topological polar surface area (TPSA) is 106 Å². The highest BCUT2D eigenvalue weighted by molar-refractivity contribution is 7.17. The van der Waals surface area contributed by atoms with Gasteiger partial charge in [0.2, 0.25) is 0 Å². The van der Waals surface area contributed by atoms with Gasteiger partial charge in [0.05, 0.1) is 28.5 Å². The van der Waals surface area contributed by atoms with Crippen LogP contribution in [0.15, 0.2) is 24.3 Å². The van der Waals surface area contributed by atoms with E-state index in [1.165, 1.54) is 30.4 Å². The fraction of sp³-hybridized carbons (Fsp3) is 0.381. The molecule has 2 atom stereocenters. The van der Waals surface area contributed by atoms with Crippen LogP contribution in [0.3, 0.4) is 0 Å². The number of aromatic nitrogens is 3. The number of nitrogens with two attached hydrogens (primary N) is 1. The summed E-state index contributed by atoms with van der Waals surface area (Å²) in [5.41, 5.74) is 8.61. The average molecular weight is 466 g/mol. The van der Waals surface area contributed by atoms with Crippen molar-refractivity contribution in [1.82, 2.24) is 15.2 Å². The molecule has 0 aliphatic heterocycles. The van der Waals surface area contributed by atoms with E-state index in [0.717, 1.165) is 11.4 Å². The molecule has 4 N–H and O–H groups in total. The van der Waals surface area contributed by atoms with Crippen LogP contribution in [0, 0.1) is 12.7 Å². The van der Waals surface area contributed by atoms with Gasteiger partial charge in [-0.1, -0.05) is 22.9 Å². The zero-order valence-electron chi connectivity index (χ0n) is 17.7. The minimum Gasteiger partial charge on any atom is -0.489 e. The number of hydrogen-bond donors (Lipinski definition) is 3. The Morgan fingerprint density at radius 3 is 2.58 bits per heavy atom. The molecule has 7 nitrogen and oxygen atoms in total. The van der Waals surface area contributed by atoms with Gasteiger partial charge in [0.15, 0.2) is 16.6 Å². The molecule has 0 aliphatic carbocycles. The molecule has 3 aromatic rings. The van der Waals surface area contributed by atoms with Crippen LogP contribution in [0.5, 0.6) is 5.75 Å². The van der Waals surface area contributed by atoms with E-state index in [4.69, 9.17) is 22.1 Å². The first-order valence-electron chi connectivity index (χ1n) is 9.79. The highest BCUT2D eigenvalue weighted by Crippen LogP contribution is 2.37. The van der Waals surface area contributed by atoms with Gasteiger partial charge < -0.3 is 20.9 Å². The number of halogens is 2. The summed E-state index contributed by atoms with van der Waals surface area (Å²) in [6.07, 6.45) is -0.773. The molecule has 3 rings (SSSR count). The van der Waals surface area contributed by atoms with E-state index < -0.39 is 18.0 Å². The third-order valence-electron chi connectivity index (χ3n) is 4.48. The summed E-state index contributed by atoms with van der Waals surface area (Å²) in [7, 11) is 0. The largest absolute Gasteiger partial charge is 0.489 e. The number of aliphatic hydroxyl groups excluding tert-OH is 1. The zero-order chi connectivity index (χ0) is 22.7. The third kappa shape index (κ3) is 5.68. The van der Waals surface area contributed by atoms with Crippen molar-refractivity contribution < 1.29 is 14.2 Å². The van der Waals surface area contributed by atoms with Gasteiger partial charge in [-0.05, 0) is 45.9 Å². The van der Waals surface area contributed by atoms with Crippen molar-refractivity contribution in [2.24, 2.45) is 5.73 Å². The molecular weight excluding hydrogens is 441 g/mol. The van der Waals surface area contributed by atoms with Gasteiger partial charge in [-0.25, -0.2) is 9.37 Å². The van der Waals surface area contributed by atoms with Gasteiger partial charge in [0.25, 0.3) is 0 Å². The van der Waals surface area contributed by atoms with Crippen molar-refractivity contribution in [3.8, 4) is 27.0 Å². The zero-order valence-corrected chi connectivity index (χ0v) is 19.3. The van der Waals surface area contributed by atoms with Crippen LogP contribution in [-0.2, 0) is 0 Å². The lowest BCUT2D eigenvalue weighted by molar-refractivity contribution is 0.129. The smallest absolute Gasteiger partial charge is 0.166 e. The number of anilines is 1. The van der Waals surface area contributed by atoms with Crippen molar-refractivity contribution in [2.45, 2.75) is 45.9 Å². The molecular formula is C21H25ClFN5O2S. The monoisotopic (exact) mass is 465 g/mol. The van der Waals surface area contributed by atoms with Crippen LogP contribution in [0.25, 0.3) is 21.3 Å². The molecule has 0 aliphatic rings. The Labute approximate surface area is 189 Å². The Morgan fingerprint density at radius 2 is 1.94 bits per heavy atom. The van der Waals surface area contributed by atoms with E-state index in [9.17, 15) is 9.50 Å². The predicted molar refractivity (Wildman–Crippen MR) is 122 cm³/mol. The molecule has 0 radical (unpaired) electrons. The number of rotatable bonds is 8. The van der Waals surface area contributed by atoms with E-state index >= 15 is 0 Å². The quantitative estimate of drug-likeness (QED) is 0.456. The van der Waals surface area contributed by atoms with Crippen molar-refractivity contribution in [3.63, 3.8) is 0 Å². The average Bonchev–Trinajstić information content (AvgIpc) is 3.19. The standard InChI is InChI=1S/C21H25ClFN5O2S/c1-10(2)25-17-5-6-18(26-11(17)3)21-28-27-20(31-21)13-7-15(23)19(8-14(13)22)30-9-16(24)12(4)29/h5-8,10,12,16,25,29H,9,24H2,1-4H3/t12-,16+/m1/s1. The van der Waals surface area contributed by atoms with E-state index in [-0.39, 0.29) is 17.4 Å². The van der Waals surface area contributed by atoms with Crippen LogP contribution in [0.2, 0.25) is 5.02 Å². The molecule has 0 saturated heterocycles. The molecule has 31 heavy (non-hydrogen) atoms. The molecule has 2 heterocycles. The maximum Gasteiger partial charge on any atom is 0.166 e. The second-order valence-electron chi connectivity index (χ2n) is 7.52. The number of aryl methyl sites for hydroxylation is 1. The van der Waals surface area contributed by atoms with E-state index in [1.54, 1.807) is 0 Å². The lowest BCUT2D eigenvalue weighted by Crippen LogP contribution is -2.38. The van der Waals surface area contributed by atoms with Crippen LogP contribution in [-0.4, -0.2) is 45.1 Å². The highest BCUT2D eigenvalue weighted by atomic mass is 35.5. The summed E-state index contributed by atoms with van der Waals surface area (Å²) >= 11 is 7.62. The number of nitrogens with one attached hydrogen (secondary N) is 1. The van der Waals surface area contributed by atoms with Crippen LogP contribution < -0.4 is 15.8 Å². The Bertz CT molecular complexity index is 1060. The molecule has 1 aromatic carbocycles. The number of ether oxygens (including phenoxy) is 1. The minimum atomic E-state index is -0.773. The number of nitrogens with zero attached hydrogens (tertiary/aromatic N) is 3. The first-order chi connectivity index (χ1) is 14.7. The SMILES string of the molecule is Cc1nc(-c2nnc(-c3cc(F)c(OC[C@H](N)[C@@H](C)O)cc3Cl)s2)ccc1NC(C)C. The Hall–Kier alpha value is -2.33. The third-order valence-corrected chi connectivity index (χ3v) is 5.77. The number of pyridine rings is 1. The summed E-state index contributed by atoms with van der Waals surface area (Å²) < 4.78 is 19.9. The fourth-order valence-corrected chi connectivity index (χ4v) is 3.85. The summed E-state index contributed by atoms with van der Waals surface area (Å²) in [6, 6.07) is 6.11. The molecule has 0 bridgehead atoms. The molecule has 166 valence electrons. The number of aliphatic hydroxyl groups is 1. The second-order valence-corrected chi connectivity index (χ2v) is 8.90. The minimum absolute atomic E-state index is 0.0416. The van der Waals surface area contributed by atoms with Gasteiger partial charge in [0.1, 0.15) is 17.3 Å². The molecule has 0 fully saturated rings. The van der Waals surface area contributed by atoms with Gasteiger partial charge in [-0.3, -0.25) is 0 Å². The first kappa shape index (κ1) is 23.3.